The summed E-state index contributed by atoms with van der Waals surface area (Å²) in [5, 5.41) is 12.1. The van der Waals surface area contributed by atoms with Crippen molar-refractivity contribution in [3.8, 4) is 6.07 Å². The highest BCUT2D eigenvalue weighted by Crippen LogP contribution is 2.28. The van der Waals surface area contributed by atoms with Gasteiger partial charge in [0.05, 0.1) is 19.2 Å². The Balaban J connectivity index is 1.83. The summed E-state index contributed by atoms with van der Waals surface area (Å²) in [5.74, 6) is 1.61. The van der Waals surface area contributed by atoms with Gasteiger partial charge in [0.2, 0.25) is 5.91 Å². The van der Waals surface area contributed by atoms with Gasteiger partial charge in [-0.25, -0.2) is 0 Å². The highest BCUT2D eigenvalue weighted by molar-refractivity contribution is 5.79. The van der Waals surface area contributed by atoms with Gasteiger partial charge in [0.1, 0.15) is 17.1 Å². The van der Waals surface area contributed by atoms with E-state index < -0.39 is 5.54 Å². The molecule has 0 aromatic carbocycles. The summed E-state index contributed by atoms with van der Waals surface area (Å²) >= 11 is 0. The number of rotatable bonds is 5. The van der Waals surface area contributed by atoms with Crippen molar-refractivity contribution in [3.05, 3.63) is 23.7 Å². The predicted molar refractivity (Wildman–Crippen MR) is 74.7 cm³/mol. The van der Waals surface area contributed by atoms with Crippen LogP contribution in [0.4, 0.5) is 0 Å². The van der Waals surface area contributed by atoms with E-state index in [0.717, 1.165) is 37.2 Å². The van der Waals surface area contributed by atoms with Gasteiger partial charge in [-0.3, -0.25) is 9.69 Å². The van der Waals surface area contributed by atoms with Crippen LogP contribution in [-0.4, -0.2) is 29.9 Å². The van der Waals surface area contributed by atoms with Gasteiger partial charge in [-0.05, 0) is 51.8 Å². The Morgan fingerprint density at radius 2 is 2.20 bits per heavy atom. The average Bonchev–Trinajstić information content (AvgIpc) is 2.99. The van der Waals surface area contributed by atoms with Gasteiger partial charge < -0.3 is 9.73 Å². The fraction of sp³-hybridized carbons (Fsp3) is 0.600. The van der Waals surface area contributed by atoms with E-state index in [4.69, 9.17) is 4.42 Å². The number of nitriles is 1. The van der Waals surface area contributed by atoms with Crippen LogP contribution in [0.2, 0.25) is 0 Å². The lowest BCUT2D eigenvalue weighted by Gasteiger charge is -2.23. The number of carbonyl (C=O) groups excluding carboxylic acids is 1. The van der Waals surface area contributed by atoms with Crippen molar-refractivity contribution >= 4 is 5.91 Å². The molecule has 0 aliphatic heterocycles. The zero-order valence-electron chi connectivity index (χ0n) is 12.1. The summed E-state index contributed by atoms with van der Waals surface area (Å²) in [7, 11) is 1.87. The second-order valence-electron chi connectivity index (χ2n) is 5.63. The van der Waals surface area contributed by atoms with E-state index in [1.165, 1.54) is 0 Å². The summed E-state index contributed by atoms with van der Waals surface area (Å²) in [4.78, 5) is 13.9. The Kier molecular flexibility index (Phi) is 4.46. The summed E-state index contributed by atoms with van der Waals surface area (Å²) in [6.07, 6.45) is 3.54. The zero-order chi connectivity index (χ0) is 14.6. The molecule has 1 aromatic rings. The molecule has 0 spiro atoms. The third-order valence-electron chi connectivity index (χ3n) is 3.69. The number of hydrogen-bond donors (Lipinski definition) is 1. The number of carbonyl (C=O) groups is 1. The quantitative estimate of drug-likeness (QED) is 0.892. The highest BCUT2D eigenvalue weighted by Gasteiger charge is 2.35. The first kappa shape index (κ1) is 14.6. The smallest absolute Gasteiger partial charge is 0.235 e. The predicted octanol–water partition coefficient (Wildman–Crippen LogP) is 1.97. The monoisotopic (exact) mass is 275 g/mol. The third-order valence-corrected chi connectivity index (χ3v) is 3.69. The fourth-order valence-corrected chi connectivity index (χ4v) is 2.69. The highest BCUT2D eigenvalue weighted by atomic mass is 16.3. The van der Waals surface area contributed by atoms with Crippen LogP contribution in [-0.2, 0) is 11.3 Å². The van der Waals surface area contributed by atoms with Crippen molar-refractivity contribution in [1.29, 1.82) is 5.26 Å². The van der Waals surface area contributed by atoms with Crippen LogP contribution in [0.15, 0.2) is 16.5 Å². The van der Waals surface area contributed by atoms with Gasteiger partial charge in [-0.15, -0.1) is 0 Å². The molecule has 1 heterocycles. The molecule has 5 nitrogen and oxygen atoms in total. The van der Waals surface area contributed by atoms with Crippen LogP contribution in [0.25, 0.3) is 0 Å². The molecule has 20 heavy (non-hydrogen) atoms. The molecule has 2 rings (SSSR count). The first-order valence-corrected chi connectivity index (χ1v) is 6.99. The van der Waals surface area contributed by atoms with Crippen molar-refractivity contribution in [2.24, 2.45) is 0 Å². The van der Waals surface area contributed by atoms with Crippen LogP contribution in [0.1, 0.15) is 37.2 Å². The molecule has 0 unspecified atom stereocenters. The molecule has 108 valence electrons. The van der Waals surface area contributed by atoms with Crippen LogP contribution in [0.5, 0.6) is 0 Å². The molecule has 5 heteroatoms. The molecule has 0 bridgehead atoms. The van der Waals surface area contributed by atoms with Crippen molar-refractivity contribution in [2.45, 2.75) is 44.7 Å². The van der Waals surface area contributed by atoms with Crippen molar-refractivity contribution in [3.63, 3.8) is 0 Å². The number of furan rings is 1. The Bertz CT molecular complexity index is 509. The Labute approximate surface area is 119 Å². The van der Waals surface area contributed by atoms with Crippen molar-refractivity contribution < 1.29 is 9.21 Å². The number of nitrogens with zero attached hydrogens (tertiary/aromatic N) is 2. The fourth-order valence-electron chi connectivity index (χ4n) is 2.69. The van der Waals surface area contributed by atoms with Gasteiger partial charge in [-0.2, -0.15) is 5.26 Å². The van der Waals surface area contributed by atoms with E-state index in [1.807, 2.05) is 31.0 Å². The molecular weight excluding hydrogens is 254 g/mol. The van der Waals surface area contributed by atoms with E-state index in [1.54, 1.807) is 0 Å². The zero-order valence-corrected chi connectivity index (χ0v) is 12.1. The molecule has 1 aliphatic carbocycles. The van der Waals surface area contributed by atoms with E-state index in [2.05, 4.69) is 11.4 Å². The summed E-state index contributed by atoms with van der Waals surface area (Å²) < 4.78 is 5.48. The van der Waals surface area contributed by atoms with Crippen LogP contribution in [0.3, 0.4) is 0 Å². The van der Waals surface area contributed by atoms with Crippen LogP contribution < -0.4 is 5.32 Å². The SMILES string of the molecule is Cc1ccc(CN(C)CC(=O)NC2(C#N)CCCC2)o1. The summed E-state index contributed by atoms with van der Waals surface area (Å²) in [6, 6.07) is 6.09. The molecular formula is C15H21N3O2. The second kappa shape index (κ2) is 6.10. The Morgan fingerprint density at radius 3 is 2.75 bits per heavy atom. The Hall–Kier alpha value is -1.80. The number of amides is 1. The standard InChI is InChI=1S/C15H21N3O2/c1-12-5-6-13(20-12)9-18(2)10-14(19)17-15(11-16)7-3-4-8-15/h5-6H,3-4,7-10H2,1-2H3,(H,17,19). The lowest BCUT2D eigenvalue weighted by atomic mass is 10.00. The maximum Gasteiger partial charge on any atom is 0.235 e. The molecule has 0 saturated heterocycles. The van der Waals surface area contributed by atoms with Gasteiger partial charge in [0.25, 0.3) is 0 Å². The molecule has 0 atom stereocenters. The topological polar surface area (TPSA) is 69.3 Å². The van der Waals surface area contributed by atoms with E-state index in [-0.39, 0.29) is 12.5 Å². The lowest BCUT2D eigenvalue weighted by Crippen LogP contribution is -2.48. The minimum absolute atomic E-state index is 0.0979. The molecule has 1 amide bonds. The number of aryl methyl sites for hydroxylation is 1. The normalized spacial score (nSPS) is 17.1. The molecule has 1 aromatic heterocycles. The molecule has 0 radical (unpaired) electrons. The van der Waals surface area contributed by atoms with E-state index in [0.29, 0.717) is 6.54 Å². The summed E-state index contributed by atoms with van der Waals surface area (Å²) in [6.45, 7) is 2.75. The lowest BCUT2D eigenvalue weighted by molar-refractivity contribution is -0.123. The van der Waals surface area contributed by atoms with Gasteiger partial charge in [0.15, 0.2) is 0 Å². The van der Waals surface area contributed by atoms with Crippen molar-refractivity contribution in [2.75, 3.05) is 13.6 Å². The number of hydrogen-bond acceptors (Lipinski definition) is 4. The Morgan fingerprint density at radius 1 is 1.50 bits per heavy atom. The first-order valence-electron chi connectivity index (χ1n) is 6.99. The van der Waals surface area contributed by atoms with E-state index in [9.17, 15) is 10.1 Å². The molecule has 1 saturated carbocycles. The average molecular weight is 275 g/mol. The number of nitrogens with one attached hydrogen (secondary N) is 1. The van der Waals surface area contributed by atoms with Gasteiger partial charge >= 0.3 is 0 Å². The third kappa shape index (κ3) is 3.61. The second-order valence-corrected chi connectivity index (χ2v) is 5.63. The van der Waals surface area contributed by atoms with Crippen LogP contribution in [0, 0.1) is 18.3 Å². The minimum Gasteiger partial charge on any atom is -0.465 e. The first-order chi connectivity index (χ1) is 9.53. The molecule has 1 N–H and O–H groups in total. The van der Waals surface area contributed by atoms with Crippen LogP contribution >= 0.6 is 0 Å². The maximum absolute atomic E-state index is 12.0. The summed E-state index contributed by atoms with van der Waals surface area (Å²) in [5.41, 5.74) is -0.640. The van der Waals surface area contributed by atoms with Gasteiger partial charge in [-0.1, -0.05) is 0 Å². The van der Waals surface area contributed by atoms with Crippen molar-refractivity contribution in [1.82, 2.24) is 10.2 Å². The molecule has 1 aliphatic rings. The molecule has 1 fully saturated rings. The van der Waals surface area contributed by atoms with Gasteiger partial charge in [0, 0.05) is 0 Å². The number of likely N-dealkylation sites (N-methyl/N-ethyl adjacent to an activating group) is 1. The maximum atomic E-state index is 12.0. The van der Waals surface area contributed by atoms with E-state index >= 15 is 0 Å². The minimum atomic E-state index is -0.640. The largest absolute Gasteiger partial charge is 0.465 e.